The van der Waals surface area contributed by atoms with E-state index in [2.05, 4.69) is 20.6 Å². The fraction of sp³-hybridized carbons (Fsp3) is 0.130. The van der Waals surface area contributed by atoms with Gasteiger partial charge in [-0.15, -0.1) is 0 Å². The minimum atomic E-state index is -3.41. The Morgan fingerprint density at radius 2 is 1.82 bits per heavy atom. The van der Waals surface area contributed by atoms with Gasteiger partial charge in [0, 0.05) is 30.5 Å². The minimum Gasteiger partial charge on any atom is -0.328 e. The second-order valence-corrected chi connectivity index (χ2v) is 9.96. The lowest BCUT2D eigenvalue weighted by molar-refractivity contribution is 0.0879. The van der Waals surface area contributed by atoms with Gasteiger partial charge in [0.15, 0.2) is 0 Å². The largest absolute Gasteiger partial charge is 0.328 e. The molecule has 11 heteroatoms. The molecule has 5 rings (SSSR count). The fourth-order valence-corrected chi connectivity index (χ4v) is 4.38. The van der Waals surface area contributed by atoms with Crippen molar-refractivity contribution in [3.05, 3.63) is 77.6 Å². The van der Waals surface area contributed by atoms with E-state index in [-0.39, 0.29) is 0 Å². The topological polar surface area (TPSA) is 126 Å². The summed E-state index contributed by atoms with van der Waals surface area (Å²) < 4.78 is 27.3. The first-order valence-corrected chi connectivity index (χ1v) is 12.2. The molecule has 2 N–H and O–H groups in total. The molecule has 10 nitrogen and oxygen atoms in total. The molecule has 0 saturated carbocycles. The number of anilines is 3. The van der Waals surface area contributed by atoms with E-state index >= 15 is 0 Å². The van der Waals surface area contributed by atoms with Crippen LogP contribution in [0.15, 0.2) is 60.9 Å². The summed E-state index contributed by atoms with van der Waals surface area (Å²) >= 11 is 0. The van der Waals surface area contributed by atoms with Gasteiger partial charge in [0.1, 0.15) is 5.65 Å². The highest BCUT2D eigenvalue weighted by molar-refractivity contribution is 7.92. The highest BCUT2D eigenvalue weighted by Crippen LogP contribution is 2.26. The number of rotatable bonds is 6. The van der Waals surface area contributed by atoms with Gasteiger partial charge < -0.3 is 9.88 Å². The molecule has 1 aliphatic heterocycles. The van der Waals surface area contributed by atoms with Crippen LogP contribution in [0.4, 0.5) is 17.3 Å². The number of hydrogen-bond donors (Lipinski definition) is 2. The van der Waals surface area contributed by atoms with Crippen molar-refractivity contribution in [3.8, 4) is 0 Å². The van der Waals surface area contributed by atoms with Gasteiger partial charge in [-0.3, -0.25) is 19.2 Å². The Kier molecular flexibility index (Phi) is 5.05. The molecular weight excluding hydrogens is 456 g/mol. The van der Waals surface area contributed by atoms with Crippen LogP contribution in [0.1, 0.15) is 26.3 Å². The maximum absolute atomic E-state index is 12.1. The third-order valence-corrected chi connectivity index (χ3v) is 6.85. The van der Waals surface area contributed by atoms with Crippen molar-refractivity contribution in [2.24, 2.45) is 0 Å². The van der Waals surface area contributed by atoms with Crippen LogP contribution in [0.25, 0.3) is 11.0 Å². The number of carbonyl (C=O) groups excluding carboxylic acids is 2. The first-order valence-electron chi connectivity index (χ1n) is 10.3. The number of carbonyl (C=O) groups is 2. The molecule has 0 aliphatic carbocycles. The van der Waals surface area contributed by atoms with E-state index in [0.717, 1.165) is 10.9 Å². The summed E-state index contributed by atoms with van der Waals surface area (Å²) in [6.07, 6.45) is 4.71. The van der Waals surface area contributed by atoms with Crippen molar-refractivity contribution in [2.75, 3.05) is 22.9 Å². The van der Waals surface area contributed by atoms with Crippen molar-refractivity contribution >= 4 is 50.2 Å². The average molecular weight is 477 g/mol. The summed E-state index contributed by atoms with van der Waals surface area (Å²) in [5, 5.41) is 6.16. The summed E-state index contributed by atoms with van der Waals surface area (Å²) in [5.41, 5.74) is 3.26. The summed E-state index contributed by atoms with van der Waals surface area (Å²) in [7, 11) is -1.89. The van der Waals surface area contributed by atoms with Crippen LogP contribution in [0.2, 0.25) is 0 Å². The second kappa shape index (κ2) is 7.96. The summed E-state index contributed by atoms with van der Waals surface area (Å²) in [4.78, 5) is 32.7. The molecule has 3 heterocycles. The highest BCUT2D eigenvalue weighted by atomic mass is 32.2. The predicted octanol–water partition coefficient (Wildman–Crippen LogP) is 2.50. The van der Waals surface area contributed by atoms with E-state index < -0.39 is 21.8 Å². The SMILES string of the molecule is CN(c1ccccc1Cn1ccc2cnc(Nc3ccc4c(c3)C(=O)NC4=O)nc21)S(C)(=O)=O. The predicted molar refractivity (Wildman–Crippen MR) is 128 cm³/mol. The Labute approximate surface area is 195 Å². The molecule has 2 aromatic carbocycles. The van der Waals surface area contributed by atoms with Crippen molar-refractivity contribution in [2.45, 2.75) is 6.54 Å². The van der Waals surface area contributed by atoms with Gasteiger partial charge in [0.25, 0.3) is 11.8 Å². The molecule has 0 bridgehead atoms. The average Bonchev–Trinajstić information content (AvgIpc) is 3.32. The van der Waals surface area contributed by atoms with E-state index in [9.17, 15) is 18.0 Å². The van der Waals surface area contributed by atoms with Gasteiger partial charge in [-0.25, -0.2) is 13.4 Å². The normalized spacial score (nSPS) is 13.1. The molecule has 0 unspecified atom stereocenters. The lowest BCUT2D eigenvalue weighted by atomic mass is 10.1. The molecule has 2 amide bonds. The van der Waals surface area contributed by atoms with E-state index in [0.29, 0.717) is 40.6 Å². The van der Waals surface area contributed by atoms with E-state index in [1.165, 1.54) is 17.6 Å². The van der Waals surface area contributed by atoms with Gasteiger partial charge in [0.05, 0.1) is 29.6 Å². The lowest BCUT2D eigenvalue weighted by Crippen LogP contribution is -2.26. The Balaban J connectivity index is 1.46. The number of hydrogen-bond acceptors (Lipinski definition) is 7. The molecule has 0 saturated heterocycles. The van der Waals surface area contributed by atoms with Crippen LogP contribution < -0.4 is 14.9 Å². The second-order valence-electron chi connectivity index (χ2n) is 7.94. The van der Waals surface area contributed by atoms with Crippen molar-refractivity contribution < 1.29 is 18.0 Å². The molecular formula is C23H20N6O4S. The van der Waals surface area contributed by atoms with Gasteiger partial charge in [0.2, 0.25) is 16.0 Å². The molecule has 1 aliphatic rings. The monoisotopic (exact) mass is 476 g/mol. The smallest absolute Gasteiger partial charge is 0.259 e. The molecule has 0 fully saturated rings. The number of aromatic nitrogens is 3. The Morgan fingerprint density at radius 3 is 2.62 bits per heavy atom. The molecule has 0 radical (unpaired) electrons. The van der Waals surface area contributed by atoms with Crippen molar-refractivity contribution in [3.63, 3.8) is 0 Å². The van der Waals surface area contributed by atoms with Crippen LogP contribution in [0, 0.1) is 0 Å². The Bertz CT molecular complexity index is 1580. The third kappa shape index (κ3) is 3.86. The maximum atomic E-state index is 12.1. The Morgan fingerprint density at radius 1 is 1.06 bits per heavy atom. The number of nitrogens with zero attached hydrogens (tertiary/aromatic N) is 4. The zero-order valence-corrected chi connectivity index (χ0v) is 19.1. The van der Waals surface area contributed by atoms with E-state index in [1.54, 1.807) is 36.5 Å². The third-order valence-electron chi connectivity index (χ3n) is 5.66. The molecule has 34 heavy (non-hydrogen) atoms. The number of benzene rings is 2. The molecule has 172 valence electrons. The number of imide groups is 1. The van der Waals surface area contributed by atoms with Gasteiger partial charge in [-0.1, -0.05) is 18.2 Å². The molecule has 0 atom stereocenters. The fourth-order valence-electron chi connectivity index (χ4n) is 3.85. The van der Waals surface area contributed by atoms with Gasteiger partial charge >= 0.3 is 0 Å². The zero-order valence-electron chi connectivity index (χ0n) is 18.3. The van der Waals surface area contributed by atoms with Crippen LogP contribution in [-0.4, -0.2) is 48.1 Å². The minimum absolute atomic E-state index is 0.297. The van der Waals surface area contributed by atoms with E-state index in [1.807, 2.05) is 29.0 Å². The van der Waals surface area contributed by atoms with Crippen molar-refractivity contribution in [1.82, 2.24) is 19.9 Å². The van der Waals surface area contributed by atoms with E-state index in [4.69, 9.17) is 0 Å². The highest BCUT2D eigenvalue weighted by Gasteiger charge is 2.26. The molecule has 4 aromatic rings. The first-order chi connectivity index (χ1) is 16.2. The number of fused-ring (bicyclic) bond motifs is 2. The first kappa shape index (κ1) is 21.6. The number of para-hydroxylation sites is 1. The quantitative estimate of drug-likeness (QED) is 0.410. The van der Waals surface area contributed by atoms with Crippen molar-refractivity contribution in [1.29, 1.82) is 0 Å². The molecule has 2 aromatic heterocycles. The standard InChI is InChI=1S/C23H20N6O4S/c1-28(34(2,32)33)19-6-4-3-5-15(19)13-29-10-9-14-12-24-23(26-20(14)29)25-16-7-8-17-18(11-16)22(31)27-21(17)30/h3-12H,13H2,1-2H3,(H,24,25,26)(H,27,30,31). The summed E-state index contributed by atoms with van der Waals surface area (Å²) in [5.74, 6) is -0.533. The summed E-state index contributed by atoms with van der Waals surface area (Å²) in [6, 6.07) is 14.0. The van der Waals surface area contributed by atoms with Gasteiger partial charge in [-0.05, 0) is 35.9 Å². The Hall–Kier alpha value is -4.25. The van der Waals surface area contributed by atoms with Crippen LogP contribution in [0.3, 0.4) is 0 Å². The van der Waals surface area contributed by atoms with Crippen LogP contribution >= 0.6 is 0 Å². The van der Waals surface area contributed by atoms with Gasteiger partial charge in [-0.2, -0.15) is 4.98 Å². The zero-order chi connectivity index (χ0) is 24.0. The number of nitrogens with one attached hydrogen (secondary N) is 2. The van der Waals surface area contributed by atoms with Crippen LogP contribution in [-0.2, 0) is 16.6 Å². The number of amides is 2. The lowest BCUT2D eigenvalue weighted by Gasteiger charge is -2.20. The molecule has 0 spiro atoms. The summed E-state index contributed by atoms with van der Waals surface area (Å²) in [6.45, 7) is 0.400. The maximum Gasteiger partial charge on any atom is 0.259 e. The number of sulfonamides is 1. The van der Waals surface area contributed by atoms with Crippen LogP contribution in [0.5, 0.6) is 0 Å².